The Kier molecular flexibility index (Phi) is 4.30. The molecule has 19 heavy (non-hydrogen) atoms. The van der Waals surface area contributed by atoms with Gasteiger partial charge in [-0.15, -0.1) is 0 Å². The Morgan fingerprint density at radius 3 is 2.42 bits per heavy atom. The van der Waals surface area contributed by atoms with Crippen molar-refractivity contribution in [3.8, 4) is 11.5 Å². The molecule has 0 fully saturated rings. The van der Waals surface area contributed by atoms with Gasteiger partial charge in [-0.3, -0.25) is 9.59 Å². The average Bonchev–Trinajstić information content (AvgIpc) is 2.30. The molecule has 2 amide bonds. The summed E-state index contributed by atoms with van der Waals surface area (Å²) in [5, 5.41) is 29.5. The van der Waals surface area contributed by atoms with Crippen LogP contribution in [0.25, 0.3) is 0 Å². The summed E-state index contributed by atoms with van der Waals surface area (Å²) in [6.45, 7) is 0. The van der Waals surface area contributed by atoms with E-state index in [4.69, 9.17) is 10.8 Å². The number of phenolic OH excluding ortho intramolecular Hbond substituents is 2. The van der Waals surface area contributed by atoms with Gasteiger partial charge in [-0.1, -0.05) is 0 Å². The van der Waals surface area contributed by atoms with Gasteiger partial charge in [0.25, 0.3) is 5.91 Å². The third-order valence-electron chi connectivity index (χ3n) is 2.23. The second kappa shape index (κ2) is 5.71. The van der Waals surface area contributed by atoms with E-state index in [9.17, 15) is 24.6 Å². The standard InChI is InChI=1S/C11H12N2O6/c12-9(16)4-7(11(18)19)13-10(17)6-3-5(14)1-2-8(6)15/h1-3,7,14-15H,4H2,(H2,12,16)(H,13,17)(H,18,19)/t7-/m1/s1. The van der Waals surface area contributed by atoms with Crippen LogP contribution < -0.4 is 11.1 Å². The monoisotopic (exact) mass is 268 g/mol. The zero-order chi connectivity index (χ0) is 14.6. The fraction of sp³-hybridized carbons (Fsp3) is 0.182. The highest BCUT2D eigenvalue weighted by atomic mass is 16.4. The first kappa shape index (κ1) is 14.3. The molecule has 1 aromatic carbocycles. The number of nitrogens with one attached hydrogen (secondary N) is 1. The number of benzene rings is 1. The number of hydrogen-bond acceptors (Lipinski definition) is 5. The molecule has 0 spiro atoms. The van der Waals surface area contributed by atoms with Crippen molar-refractivity contribution in [3.05, 3.63) is 23.8 Å². The normalized spacial score (nSPS) is 11.6. The number of carbonyl (C=O) groups is 3. The largest absolute Gasteiger partial charge is 0.508 e. The number of amides is 2. The fourth-order valence-corrected chi connectivity index (χ4v) is 1.34. The third-order valence-corrected chi connectivity index (χ3v) is 2.23. The number of carboxylic acids is 1. The van der Waals surface area contributed by atoms with Crippen molar-refractivity contribution >= 4 is 17.8 Å². The van der Waals surface area contributed by atoms with E-state index >= 15 is 0 Å². The van der Waals surface area contributed by atoms with Gasteiger partial charge in [0.1, 0.15) is 17.5 Å². The van der Waals surface area contributed by atoms with Crippen LogP contribution in [0.1, 0.15) is 16.8 Å². The predicted octanol–water partition coefficient (Wildman–Crippen LogP) is -0.844. The van der Waals surface area contributed by atoms with E-state index < -0.39 is 36.0 Å². The molecule has 0 aromatic heterocycles. The van der Waals surface area contributed by atoms with E-state index in [-0.39, 0.29) is 11.3 Å². The van der Waals surface area contributed by atoms with Crippen LogP contribution in [-0.4, -0.2) is 39.1 Å². The van der Waals surface area contributed by atoms with Crippen molar-refractivity contribution in [1.82, 2.24) is 5.32 Å². The predicted molar refractivity (Wildman–Crippen MR) is 62.5 cm³/mol. The number of rotatable bonds is 5. The van der Waals surface area contributed by atoms with E-state index in [0.29, 0.717) is 0 Å². The number of carboxylic acid groups (broad SMARTS) is 1. The van der Waals surface area contributed by atoms with Crippen molar-refractivity contribution in [3.63, 3.8) is 0 Å². The molecule has 8 heteroatoms. The van der Waals surface area contributed by atoms with Crippen molar-refractivity contribution in [2.24, 2.45) is 5.73 Å². The number of aromatic hydroxyl groups is 2. The molecule has 0 aliphatic rings. The van der Waals surface area contributed by atoms with Gasteiger partial charge in [-0.2, -0.15) is 0 Å². The number of nitrogens with two attached hydrogens (primary N) is 1. The topological polar surface area (TPSA) is 150 Å². The summed E-state index contributed by atoms with van der Waals surface area (Å²) in [5.41, 5.74) is 4.55. The number of hydrogen-bond donors (Lipinski definition) is 5. The van der Waals surface area contributed by atoms with Crippen LogP contribution in [0.15, 0.2) is 18.2 Å². The first-order valence-electron chi connectivity index (χ1n) is 5.15. The molecule has 0 aliphatic heterocycles. The number of carbonyl (C=O) groups excluding carboxylic acids is 2. The van der Waals surface area contributed by atoms with Crippen LogP contribution in [0.3, 0.4) is 0 Å². The summed E-state index contributed by atoms with van der Waals surface area (Å²) in [6.07, 6.45) is -0.583. The maximum absolute atomic E-state index is 11.7. The summed E-state index contributed by atoms with van der Waals surface area (Å²) in [7, 11) is 0. The van der Waals surface area contributed by atoms with Gasteiger partial charge < -0.3 is 26.4 Å². The summed E-state index contributed by atoms with van der Waals surface area (Å²) >= 11 is 0. The van der Waals surface area contributed by atoms with E-state index in [1.54, 1.807) is 0 Å². The van der Waals surface area contributed by atoms with Crippen LogP contribution in [0, 0.1) is 0 Å². The van der Waals surface area contributed by atoms with Crippen molar-refractivity contribution in [2.75, 3.05) is 0 Å². The Morgan fingerprint density at radius 2 is 1.89 bits per heavy atom. The average molecular weight is 268 g/mol. The molecule has 0 radical (unpaired) electrons. The van der Waals surface area contributed by atoms with Crippen molar-refractivity contribution in [1.29, 1.82) is 0 Å². The Bertz CT molecular complexity index is 528. The smallest absolute Gasteiger partial charge is 0.326 e. The molecule has 0 saturated carbocycles. The minimum absolute atomic E-state index is 0.273. The second-order valence-electron chi connectivity index (χ2n) is 3.74. The van der Waals surface area contributed by atoms with Gasteiger partial charge in [-0.05, 0) is 18.2 Å². The molecule has 0 heterocycles. The lowest BCUT2D eigenvalue weighted by atomic mass is 10.1. The van der Waals surface area contributed by atoms with E-state index in [2.05, 4.69) is 0 Å². The van der Waals surface area contributed by atoms with Crippen LogP contribution in [-0.2, 0) is 9.59 Å². The van der Waals surface area contributed by atoms with Gasteiger partial charge in [0.2, 0.25) is 5.91 Å². The highest BCUT2D eigenvalue weighted by molar-refractivity contribution is 5.99. The number of phenols is 2. The quantitative estimate of drug-likeness (QED) is 0.439. The van der Waals surface area contributed by atoms with Gasteiger partial charge in [0.15, 0.2) is 0 Å². The molecule has 6 N–H and O–H groups in total. The minimum atomic E-state index is -1.51. The zero-order valence-electron chi connectivity index (χ0n) is 9.66. The maximum Gasteiger partial charge on any atom is 0.326 e. The number of primary amides is 1. The van der Waals surface area contributed by atoms with Crippen molar-refractivity contribution < 1.29 is 29.7 Å². The molecule has 8 nitrogen and oxygen atoms in total. The van der Waals surface area contributed by atoms with Crippen LogP contribution in [0.4, 0.5) is 0 Å². The van der Waals surface area contributed by atoms with E-state index in [1.807, 2.05) is 5.32 Å². The molecule has 1 atom stereocenters. The van der Waals surface area contributed by atoms with E-state index in [1.165, 1.54) is 0 Å². The fourth-order valence-electron chi connectivity index (χ4n) is 1.34. The number of aliphatic carboxylic acids is 1. The van der Waals surface area contributed by atoms with Crippen LogP contribution >= 0.6 is 0 Å². The van der Waals surface area contributed by atoms with E-state index in [0.717, 1.165) is 18.2 Å². The molecule has 0 unspecified atom stereocenters. The molecule has 1 rings (SSSR count). The maximum atomic E-state index is 11.7. The summed E-state index contributed by atoms with van der Waals surface area (Å²) in [5.74, 6) is -3.98. The summed E-state index contributed by atoms with van der Waals surface area (Å²) in [6, 6.07) is 1.69. The molecule has 0 bridgehead atoms. The van der Waals surface area contributed by atoms with Gasteiger partial charge in [0, 0.05) is 0 Å². The Labute approximate surface area is 107 Å². The first-order valence-corrected chi connectivity index (χ1v) is 5.15. The summed E-state index contributed by atoms with van der Waals surface area (Å²) < 4.78 is 0. The SMILES string of the molecule is NC(=O)C[C@@H](NC(=O)c1cc(O)ccc1O)C(=O)O. The zero-order valence-corrected chi connectivity index (χ0v) is 9.66. The Morgan fingerprint density at radius 1 is 1.26 bits per heavy atom. The minimum Gasteiger partial charge on any atom is -0.508 e. The van der Waals surface area contributed by atoms with Crippen molar-refractivity contribution in [2.45, 2.75) is 12.5 Å². The summed E-state index contributed by atoms with van der Waals surface area (Å²) in [4.78, 5) is 33.2. The van der Waals surface area contributed by atoms with Crippen LogP contribution in [0.5, 0.6) is 11.5 Å². The molecule has 0 saturated heterocycles. The van der Waals surface area contributed by atoms with Gasteiger partial charge >= 0.3 is 5.97 Å². The highest BCUT2D eigenvalue weighted by Crippen LogP contribution is 2.21. The molecular weight excluding hydrogens is 256 g/mol. The highest BCUT2D eigenvalue weighted by Gasteiger charge is 2.24. The molecule has 102 valence electrons. The lowest BCUT2D eigenvalue weighted by molar-refractivity contribution is -0.140. The van der Waals surface area contributed by atoms with Crippen LogP contribution in [0.2, 0.25) is 0 Å². The van der Waals surface area contributed by atoms with Gasteiger partial charge in [-0.25, -0.2) is 4.79 Å². The Balaban J connectivity index is 2.90. The molecule has 1 aromatic rings. The lowest BCUT2D eigenvalue weighted by Crippen LogP contribution is -2.43. The molecule has 0 aliphatic carbocycles. The Hall–Kier alpha value is -2.77. The second-order valence-corrected chi connectivity index (χ2v) is 3.74. The third kappa shape index (κ3) is 3.87. The first-order chi connectivity index (χ1) is 8.81. The lowest BCUT2D eigenvalue weighted by Gasteiger charge is -2.13. The molecular formula is C11H12N2O6. The van der Waals surface area contributed by atoms with Gasteiger partial charge in [0.05, 0.1) is 12.0 Å².